The van der Waals surface area contributed by atoms with Gasteiger partial charge >= 0.3 is 0 Å². The molecular weight excluding hydrogens is 452 g/mol. The number of rotatable bonds is 5. The first-order valence-electron chi connectivity index (χ1n) is 10.9. The van der Waals surface area contributed by atoms with Crippen molar-refractivity contribution in [1.29, 1.82) is 0 Å². The Morgan fingerprint density at radius 3 is 2.06 bits per heavy atom. The molecule has 0 saturated heterocycles. The molecule has 0 saturated carbocycles. The van der Waals surface area contributed by atoms with E-state index in [0.717, 1.165) is 29.4 Å². The number of carbonyl (C=O) groups is 2. The van der Waals surface area contributed by atoms with Gasteiger partial charge in [0.25, 0.3) is 17.3 Å². The van der Waals surface area contributed by atoms with E-state index >= 15 is 0 Å². The maximum atomic E-state index is 13.6. The van der Waals surface area contributed by atoms with Crippen LogP contribution in [0.4, 0.5) is 22.7 Å². The highest BCUT2D eigenvalue weighted by Crippen LogP contribution is 2.43. The number of anilines is 2. The zero-order valence-electron chi connectivity index (χ0n) is 19.0. The molecule has 0 fully saturated rings. The van der Waals surface area contributed by atoms with Crippen LogP contribution < -0.4 is 9.80 Å². The van der Waals surface area contributed by atoms with Crippen LogP contribution in [0.3, 0.4) is 0 Å². The van der Waals surface area contributed by atoms with Gasteiger partial charge in [-0.3, -0.25) is 29.8 Å². The molecule has 0 spiro atoms. The quantitative estimate of drug-likeness (QED) is 0.377. The Kier molecular flexibility index (Phi) is 6.28. The average molecular weight is 474 g/mol. The predicted octanol–water partition coefficient (Wildman–Crippen LogP) is 5.04. The molecule has 0 aromatic heterocycles. The van der Waals surface area contributed by atoms with Gasteiger partial charge in [0, 0.05) is 36.5 Å². The minimum Gasteiger partial charge on any atom is -0.305 e. The third-order valence-corrected chi connectivity index (χ3v) is 6.04. The molecule has 4 rings (SSSR count). The number of carbonyl (C=O) groups excluding carboxylic acids is 2. The largest absolute Gasteiger partial charge is 0.305 e. The number of benzene rings is 3. The first-order valence-corrected chi connectivity index (χ1v) is 10.9. The van der Waals surface area contributed by atoms with Gasteiger partial charge in [0.2, 0.25) is 5.91 Å². The summed E-state index contributed by atoms with van der Waals surface area (Å²) in [6.07, 6.45) is 0.397. The average Bonchev–Trinajstić information content (AvgIpc) is 2.84. The maximum absolute atomic E-state index is 13.6. The van der Waals surface area contributed by atoms with Crippen molar-refractivity contribution in [3.05, 3.63) is 104 Å². The van der Waals surface area contributed by atoms with Crippen LogP contribution in [0.2, 0.25) is 0 Å². The molecule has 1 aliphatic heterocycles. The second kappa shape index (κ2) is 9.34. The van der Waals surface area contributed by atoms with Gasteiger partial charge in [-0.25, -0.2) is 0 Å². The first kappa shape index (κ1) is 23.6. The maximum Gasteiger partial charge on any atom is 0.277 e. The third-order valence-electron chi connectivity index (χ3n) is 6.04. The summed E-state index contributed by atoms with van der Waals surface area (Å²) in [6.45, 7) is 3.30. The molecule has 0 N–H and O–H groups in total. The molecule has 178 valence electrons. The summed E-state index contributed by atoms with van der Waals surface area (Å²) in [7, 11) is 0. The fourth-order valence-corrected chi connectivity index (χ4v) is 4.57. The number of nitrogens with zero attached hydrogens (tertiary/aromatic N) is 4. The number of fused-ring (bicyclic) bond motifs is 1. The van der Waals surface area contributed by atoms with Crippen LogP contribution in [0.25, 0.3) is 0 Å². The van der Waals surface area contributed by atoms with Crippen LogP contribution in [0.5, 0.6) is 0 Å². The molecule has 0 unspecified atom stereocenters. The molecule has 10 heteroatoms. The van der Waals surface area contributed by atoms with Crippen molar-refractivity contribution < 1.29 is 19.4 Å². The van der Waals surface area contributed by atoms with Gasteiger partial charge in [-0.15, -0.1) is 0 Å². The van der Waals surface area contributed by atoms with Crippen molar-refractivity contribution in [3.8, 4) is 0 Å². The fraction of sp³-hybridized carbons (Fsp3) is 0.200. The van der Waals surface area contributed by atoms with Gasteiger partial charge in [0.05, 0.1) is 27.5 Å². The Labute approximate surface area is 200 Å². The summed E-state index contributed by atoms with van der Waals surface area (Å²) in [5.74, 6) is -0.749. The summed E-state index contributed by atoms with van der Waals surface area (Å²) in [4.78, 5) is 50.6. The summed E-state index contributed by atoms with van der Waals surface area (Å²) in [5.41, 5.74) is 0.768. The van der Waals surface area contributed by atoms with Crippen molar-refractivity contribution in [2.24, 2.45) is 0 Å². The third kappa shape index (κ3) is 4.45. The highest BCUT2D eigenvalue weighted by atomic mass is 16.6. The number of nitro benzene ring substituents is 2. The highest BCUT2D eigenvalue weighted by Gasteiger charge is 2.38. The van der Waals surface area contributed by atoms with Crippen LogP contribution in [0.1, 0.15) is 42.2 Å². The van der Waals surface area contributed by atoms with Crippen LogP contribution in [-0.4, -0.2) is 27.7 Å². The van der Waals surface area contributed by atoms with E-state index in [2.05, 4.69) is 0 Å². The summed E-state index contributed by atoms with van der Waals surface area (Å²) in [5, 5.41) is 22.7. The van der Waals surface area contributed by atoms with Gasteiger partial charge in [0.15, 0.2) is 0 Å². The lowest BCUT2D eigenvalue weighted by molar-refractivity contribution is -0.394. The second-order valence-electron chi connectivity index (χ2n) is 8.31. The van der Waals surface area contributed by atoms with Gasteiger partial charge < -0.3 is 9.80 Å². The van der Waals surface area contributed by atoms with Gasteiger partial charge in [0.1, 0.15) is 0 Å². The molecule has 2 amide bonds. The number of amides is 2. The fourth-order valence-electron chi connectivity index (χ4n) is 4.57. The Bertz CT molecular complexity index is 1290. The Morgan fingerprint density at radius 2 is 1.49 bits per heavy atom. The zero-order chi connectivity index (χ0) is 25.3. The Morgan fingerprint density at radius 1 is 0.914 bits per heavy atom. The molecule has 2 atom stereocenters. The van der Waals surface area contributed by atoms with Crippen molar-refractivity contribution in [2.75, 3.05) is 9.80 Å². The summed E-state index contributed by atoms with van der Waals surface area (Å²) >= 11 is 0. The lowest BCUT2D eigenvalue weighted by Gasteiger charge is -2.43. The van der Waals surface area contributed by atoms with E-state index in [1.807, 2.05) is 49.4 Å². The molecular formula is C25H22N4O6. The van der Waals surface area contributed by atoms with E-state index < -0.39 is 33.2 Å². The molecule has 10 nitrogen and oxygen atoms in total. The lowest BCUT2D eigenvalue weighted by Crippen LogP contribution is -2.47. The Hall–Kier alpha value is -4.60. The van der Waals surface area contributed by atoms with E-state index in [4.69, 9.17) is 0 Å². The minimum absolute atomic E-state index is 0.155. The Balaban J connectivity index is 1.81. The molecule has 0 bridgehead atoms. The molecule has 35 heavy (non-hydrogen) atoms. The molecule has 3 aromatic rings. The highest BCUT2D eigenvalue weighted by molar-refractivity contribution is 6.08. The summed E-state index contributed by atoms with van der Waals surface area (Å²) < 4.78 is 0. The number of nitro groups is 2. The minimum atomic E-state index is -0.766. The van der Waals surface area contributed by atoms with Crippen LogP contribution >= 0.6 is 0 Å². The van der Waals surface area contributed by atoms with Gasteiger partial charge in [-0.2, -0.15) is 0 Å². The molecule has 1 aliphatic rings. The summed E-state index contributed by atoms with van der Waals surface area (Å²) in [6, 6.07) is 18.5. The number of non-ortho nitro benzene ring substituents is 2. The molecule has 3 aromatic carbocycles. The number of hydrogen-bond acceptors (Lipinski definition) is 6. The van der Waals surface area contributed by atoms with Crippen molar-refractivity contribution in [3.63, 3.8) is 0 Å². The topological polar surface area (TPSA) is 127 Å². The van der Waals surface area contributed by atoms with Gasteiger partial charge in [-0.1, -0.05) is 36.4 Å². The van der Waals surface area contributed by atoms with E-state index in [1.54, 1.807) is 17.0 Å². The SMILES string of the molecule is CC(=O)N(c1ccccc1)[C@H]1C[C@H](C)N(C(=O)c2cc([N+](=O)[O-])cc([N+](=O)[O-])c2)c2ccccc21. The van der Waals surface area contributed by atoms with Crippen LogP contribution in [0.15, 0.2) is 72.8 Å². The normalized spacial score (nSPS) is 16.8. The van der Waals surface area contributed by atoms with E-state index in [1.165, 1.54) is 11.8 Å². The van der Waals surface area contributed by atoms with E-state index in [-0.39, 0.29) is 17.5 Å². The van der Waals surface area contributed by atoms with Crippen LogP contribution in [-0.2, 0) is 4.79 Å². The lowest BCUT2D eigenvalue weighted by atomic mass is 9.89. The number of para-hydroxylation sites is 2. The smallest absolute Gasteiger partial charge is 0.277 e. The van der Waals surface area contributed by atoms with Crippen molar-refractivity contribution >= 4 is 34.6 Å². The first-order chi connectivity index (χ1) is 16.7. The standard InChI is InChI=1S/C25H22N4O6/c1-16-12-24(27(17(2)30)19-8-4-3-5-9-19)22-10-6-7-11-23(22)26(16)25(31)18-13-20(28(32)33)15-21(14-18)29(34)35/h3-11,13-16,24H,12H2,1-2H3/t16-,24-/m0/s1. The second-order valence-corrected chi connectivity index (χ2v) is 8.31. The number of hydrogen-bond donors (Lipinski definition) is 0. The zero-order valence-corrected chi connectivity index (χ0v) is 19.0. The van der Waals surface area contributed by atoms with Crippen molar-refractivity contribution in [1.82, 2.24) is 0 Å². The van der Waals surface area contributed by atoms with E-state index in [9.17, 15) is 29.8 Å². The van der Waals surface area contributed by atoms with Crippen LogP contribution in [0, 0.1) is 20.2 Å². The monoisotopic (exact) mass is 474 g/mol. The predicted molar refractivity (Wildman–Crippen MR) is 129 cm³/mol. The van der Waals surface area contributed by atoms with Gasteiger partial charge in [-0.05, 0) is 37.1 Å². The van der Waals surface area contributed by atoms with Crippen molar-refractivity contribution in [2.45, 2.75) is 32.4 Å². The molecule has 0 aliphatic carbocycles. The van der Waals surface area contributed by atoms with E-state index in [0.29, 0.717) is 12.1 Å². The molecule has 0 radical (unpaired) electrons. The molecule has 1 heterocycles.